The van der Waals surface area contributed by atoms with Gasteiger partial charge in [0.25, 0.3) is 0 Å². The number of alkyl halides is 3. The van der Waals surface area contributed by atoms with Crippen LogP contribution in [-0.2, 0) is 4.79 Å². The smallest absolute Gasteiger partial charge is 0.316 e. The minimum atomic E-state index is -4.66. The van der Waals surface area contributed by atoms with Gasteiger partial charge in [0.2, 0.25) is 5.78 Å². The van der Waals surface area contributed by atoms with E-state index < -0.39 is 17.9 Å². The molecule has 0 aromatic rings. The van der Waals surface area contributed by atoms with Gasteiger partial charge in [0.1, 0.15) is 0 Å². The fourth-order valence-electron chi connectivity index (χ4n) is 1.31. The zero-order chi connectivity index (χ0) is 9.19. The van der Waals surface area contributed by atoms with Gasteiger partial charge in [0.15, 0.2) is 0 Å². The molecule has 0 aromatic carbocycles. The molecule has 2 nitrogen and oxygen atoms in total. The fraction of sp³-hybridized carbons (Fsp3) is 0.857. The number of nitrogens with one attached hydrogen (secondary N) is 1. The topological polar surface area (TPSA) is 29.1 Å². The van der Waals surface area contributed by atoms with E-state index in [9.17, 15) is 18.0 Å². The summed E-state index contributed by atoms with van der Waals surface area (Å²) >= 11 is 0. The molecule has 0 saturated carbocycles. The quantitative estimate of drug-likeness (QED) is 0.656. The van der Waals surface area contributed by atoms with Gasteiger partial charge < -0.3 is 5.32 Å². The number of carbonyl (C=O) groups is 1. The van der Waals surface area contributed by atoms with E-state index in [1.807, 2.05) is 0 Å². The SMILES string of the molecule is O=C(C1CCCNC1)C(F)(F)F. The van der Waals surface area contributed by atoms with Crippen molar-refractivity contribution >= 4 is 5.78 Å². The normalized spacial score (nSPS) is 25.4. The molecule has 1 rings (SSSR count). The second-order valence-corrected chi connectivity index (χ2v) is 2.91. The second-order valence-electron chi connectivity index (χ2n) is 2.91. The highest BCUT2D eigenvalue weighted by atomic mass is 19.4. The van der Waals surface area contributed by atoms with Crippen LogP contribution in [-0.4, -0.2) is 25.0 Å². The van der Waals surface area contributed by atoms with Crippen LogP contribution in [0.2, 0.25) is 0 Å². The minimum absolute atomic E-state index is 0.165. The molecule has 0 spiro atoms. The lowest BCUT2D eigenvalue weighted by atomic mass is 9.95. The third-order valence-corrected chi connectivity index (χ3v) is 1.95. The molecule has 1 atom stereocenters. The van der Waals surface area contributed by atoms with Gasteiger partial charge in [0.05, 0.1) is 0 Å². The van der Waals surface area contributed by atoms with Gasteiger partial charge in [-0.15, -0.1) is 0 Å². The van der Waals surface area contributed by atoms with E-state index in [-0.39, 0.29) is 6.54 Å². The Hall–Kier alpha value is -0.580. The zero-order valence-electron chi connectivity index (χ0n) is 6.45. The molecular weight excluding hydrogens is 171 g/mol. The Kier molecular flexibility index (Phi) is 2.72. The first-order valence-electron chi connectivity index (χ1n) is 3.83. The summed E-state index contributed by atoms with van der Waals surface area (Å²) < 4.78 is 35.6. The summed E-state index contributed by atoms with van der Waals surface area (Å²) in [5.74, 6) is -2.45. The van der Waals surface area contributed by atoms with E-state index in [0.29, 0.717) is 19.4 Å². The first-order valence-corrected chi connectivity index (χ1v) is 3.83. The third kappa shape index (κ3) is 2.20. The lowest BCUT2D eigenvalue weighted by Crippen LogP contribution is -2.40. The molecule has 12 heavy (non-hydrogen) atoms. The van der Waals surface area contributed by atoms with Crippen LogP contribution < -0.4 is 5.32 Å². The second kappa shape index (κ2) is 3.43. The van der Waals surface area contributed by atoms with Crippen molar-refractivity contribution in [2.24, 2.45) is 5.92 Å². The molecule has 0 radical (unpaired) electrons. The minimum Gasteiger partial charge on any atom is -0.316 e. The molecule has 70 valence electrons. The number of rotatable bonds is 1. The van der Waals surface area contributed by atoms with Gasteiger partial charge in [-0.1, -0.05) is 0 Å². The summed E-state index contributed by atoms with van der Waals surface area (Å²) in [6.45, 7) is 0.875. The fourth-order valence-corrected chi connectivity index (χ4v) is 1.31. The largest absolute Gasteiger partial charge is 0.450 e. The summed E-state index contributed by atoms with van der Waals surface area (Å²) in [5.41, 5.74) is 0. The molecule has 0 amide bonds. The Labute approximate surface area is 68.1 Å². The summed E-state index contributed by atoms with van der Waals surface area (Å²) in [4.78, 5) is 10.7. The number of ketones is 1. The maximum atomic E-state index is 11.9. The maximum Gasteiger partial charge on any atom is 0.450 e. The summed E-state index contributed by atoms with van der Waals surface area (Å²) in [5, 5.41) is 2.77. The van der Waals surface area contributed by atoms with Crippen LogP contribution in [0.1, 0.15) is 12.8 Å². The van der Waals surface area contributed by atoms with Gasteiger partial charge in [0, 0.05) is 12.5 Å². The highest BCUT2D eigenvalue weighted by Crippen LogP contribution is 2.24. The lowest BCUT2D eigenvalue weighted by molar-refractivity contribution is -0.176. The van der Waals surface area contributed by atoms with Crippen LogP contribution in [0.4, 0.5) is 13.2 Å². The number of piperidine rings is 1. The van der Waals surface area contributed by atoms with Gasteiger partial charge in [-0.2, -0.15) is 13.2 Å². The number of hydrogen-bond acceptors (Lipinski definition) is 2. The van der Waals surface area contributed by atoms with Crippen LogP contribution in [0.15, 0.2) is 0 Å². The molecule has 1 heterocycles. The monoisotopic (exact) mass is 181 g/mol. The molecular formula is C7H10F3NO. The molecule has 1 saturated heterocycles. The molecule has 0 aromatic heterocycles. The predicted octanol–water partition coefficient (Wildman–Crippen LogP) is 1.12. The molecule has 0 bridgehead atoms. The van der Waals surface area contributed by atoms with E-state index in [1.54, 1.807) is 0 Å². The third-order valence-electron chi connectivity index (χ3n) is 1.95. The van der Waals surface area contributed by atoms with E-state index in [1.165, 1.54) is 0 Å². The molecule has 0 aliphatic carbocycles. The van der Waals surface area contributed by atoms with E-state index >= 15 is 0 Å². The summed E-state index contributed by atoms with van der Waals surface area (Å²) in [6.07, 6.45) is -3.67. The zero-order valence-corrected chi connectivity index (χ0v) is 6.45. The standard InChI is InChI=1S/C7H10F3NO/c8-7(9,10)6(12)5-2-1-3-11-4-5/h5,11H,1-4H2. The van der Waals surface area contributed by atoms with Crippen LogP contribution in [0, 0.1) is 5.92 Å². The van der Waals surface area contributed by atoms with E-state index in [0.717, 1.165) is 0 Å². The van der Waals surface area contributed by atoms with Crippen LogP contribution in [0.3, 0.4) is 0 Å². The number of hydrogen-bond donors (Lipinski definition) is 1. The Morgan fingerprint density at radius 3 is 2.50 bits per heavy atom. The van der Waals surface area contributed by atoms with Crippen LogP contribution in [0.25, 0.3) is 0 Å². The predicted molar refractivity (Wildman–Crippen MR) is 36.7 cm³/mol. The Bertz CT molecular complexity index is 172. The highest BCUT2D eigenvalue weighted by molar-refractivity contribution is 5.86. The van der Waals surface area contributed by atoms with Gasteiger partial charge >= 0.3 is 6.18 Å². The van der Waals surface area contributed by atoms with Crippen molar-refractivity contribution in [2.45, 2.75) is 19.0 Å². The van der Waals surface area contributed by atoms with Crippen molar-refractivity contribution in [3.05, 3.63) is 0 Å². The van der Waals surface area contributed by atoms with Gasteiger partial charge in [-0.3, -0.25) is 4.79 Å². The maximum absolute atomic E-state index is 11.9. The lowest BCUT2D eigenvalue weighted by Gasteiger charge is -2.22. The number of halogens is 3. The van der Waals surface area contributed by atoms with Crippen molar-refractivity contribution in [3.8, 4) is 0 Å². The average Bonchev–Trinajstić information content (AvgIpc) is 2.03. The highest BCUT2D eigenvalue weighted by Gasteiger charge is 2.43. The Morgan fingerprint density at radius 2 is 2.08 bits per heavy atom. The molecule has 1 N–H and O–H groups in total. The van der Waals surface area contributed by atoms with Crippen LogP contribution in [0.5, 0.6) is 0 Å². The summed E-state index contributed by atoms with van der Waals surface area (Å²) in [7, 11) is 0. The van der Waals surface area contributed by atoms with Crippen molar-refractivity contribution in [3.63, 3.8) is 0 Å². The Balaban J connectivity index is 2.51. The molecule has 1 aliphatic heterocycles. The van der Waals surface area contributed by atoms with Crippen molar-refractivity contribution in [1.29, 1.82) is 0 Å². The van der Waals surface area contributed by atoms with E-state index in [4.69, 9.17) is 0 Å². The van der Waals surface area contributed by atoms with E-state index in [2.05, 4.69) is 5.32 Å². The van der Waals surface area contributed by atoms with Crippen molar-refractivity contribution in [1.82, 2.24) is 5.32 Å². The first-order chi connectivity index (χ1) is 5.52. The molecule has 1 aliphatic rings. The first kappa shape index (κ1) is 9.51. The van der Waals surface area contributed by atoms with Crippen molar-refractivity contribution in [2.75, 3.05) is 13.1 Å². The van der Waals surface area contributed by atoms with Gasteiger partial charge in [-0.25, -0.2) is 0 Å². The number of carbonyl (C=O) groups excluding carboxylic acids is 1. The summed E-state index contributed by atoms with van der Waals surface area (Å²) in [6, 6.07) is 0. The van der Waals surface area contributed by atoms with Crippen LogP contribution >= 0.6 is 0 Å². The molecule has 1 fully saturated rings. The molecule has 1 unspecified atom stereocenters. The van der Waals surface area contributed by atoms with Gasteiger partial charge in [-0.05, 0) is 19.4 Å². The number of Topliss-reactive ketones (excluding diaryl/α,β-unsaturated/α-hetero) is 1. The molecule has 5 heteroatoms. The van der Waals surface area contributed by atoms with Crippen molar-refractivity contribution < 1.29 is 18.0 Å². The average molecular weight is 181 g/mol. The Morgan fingerprint density at radius 1 is 1.42 bits per heavy atom.